The molecule has 0 spiro atoms. The van der Waals surface area contributed by atoms with Gasteiger partial charge in [-0.05, 0) is 49.2 Å². The molecule has 0 aliphatic carbocycles. The summed E-state index contributed by atoms with van der Waals surface area (Å²) in [5.41, 5.74) is 9.34. The van der Waals surface area contributed by atoms with Gasteiger partial charge in [0.1, 0.15) is 11.6 Å². The predicted octanol–water partition coefficient (Wildman–Crippen LogP) is 3.19. The predicted molar refractivity (Wildman–Crippen MR) is 101 cm³/mol. The highest BCUT2D eigenvalue weighted by molar-refractivity contribution is 5.42. The summed E-state index contributed by atoms with van der Waals surface area (Å²) in [7, 11) is 1.68. The zero-order valence-electron chi connectivity index (χ0n) is 14.5. The Labute approximate surface area is 148 Å². The standard InChI is InChI=1S/C20H24N4O/c1-25-19-11-9-16(10-12-19)15-22-13-5-6-17-14-20(21)24(23-17)18-7-3-2-4-8-18/h2-4,7-12,14,22H,5-6,13,15,21H2,1H3. The van der Waals surface area contributed by atoms with Crippen LogP contribution < -0.4 is 15.8 Å². The first-order valence-electron chi connectivity index (χ1n) is 8.50. The number of hydrogen-bond donors (Lipinski definition) is 2. The number of anilines is 1. The smallest absolute Gasteiger partial charge is 0.127 e. The molecule has 0 amide bonds. The molecule has 5 heteroatoms. The minimum Gasteiger partial charge on any atom is -0.497 e. The molecule has 0 saturated carbocycles. The van der Waals surface area contributed by atoms with Crippen LogP contribution in [0.2, 0.25) is 0 Å². The number of nitrogens with zero attached hydrogens (tertiary/aromatic N) is 2. The third kappa shape index (κ3) is 4.61. The van der Waals surface area contributed by atoms with Crippen LogP contribution in [0.1, 0.15) is 17.7 Å². The molecule has 2 aromatic carbocycles. The molecule has 0 fully saturated rings. The topological polar surface area (TPSA) is 65.1 Å². The maximum absolute atomic E-state index is 6.08. The minimum atomic E-state index is 0.674. The highest BCUT2D eigenvalue weighted by Gasteiger charge is 2.06. The van der Waals surface area contributed by atoms with Crippen molar-refractivity contribution in [2.75, 3.05) is 19.4 Å². The number of para-hydroxylation sites is 1. The molecule has 3 aromatic rings. The van der Waals surface area contributed by atoms with E-state index in [-0.39, 0.29) is 0 Å². The number of benzene rings is 2. The molecule has 0 radical (unpaired) electrons. The van der Waals surface area contributed by atoms with Crippen LogP contribution in [0.3, 0.4) is 0 Å². The first-order valence-corrected chi connectivity index (χ1v) is 8.50. The highest BCUT2D eigenvalue weighted by atomic mass is 16.5. The van der Waals surface area contributed by atoms with Crippen molar-refractivity contribution in [1.82, 2.24) is 15.1 Å². The highest BCUT2D eigenvalue weighted by Crippen LogP contribution is 2.15. The molecule has 130 valence electrons. The minimum absolute atomic E-state index is 0.674. The molecule has 0 atom stereocenters. The van der Waals surface area contributed by atoms with Gasteiger partial charge in [-0.25, -0.2) is 4.68 Å². The monoisotopic (exact) mass is 336 g/mol. The summed E-state index contributed by atoms with van der Waals surface area (Å²) in [6, 6.07) is 20.0. The van der Waals surface area contributed by atoms with Crippen molar-refractivity contribution in [2.24, 2.45) is 0 Å². The van der Waals surface area contributed by atoms with Crippen molar-refractivity contribution in [3.63, 3.8) is 0 Å². The van der Waals surface area contributed by atoms with E-state index in [4.69, 9.17) is 10.5 Å². The molecule has 1 aromatic heterocycles. The molecule has 5 nitrogen and oxygen atoms in total. The molecule has 25 heavy (non-hydrogen) atoms. The average molecular weight is 336 g/mol. The summed E-state index contributed by atoms with van der Waals surface area (Å²) in [4.78, 5) is 0. The van der Waals surface area contributed by atoms with Gasteiger partial charge in [0, 0.05) is 12.6 Å². The van der Waals surface area contributed by atoms with Gasteiger partial charge in [-0.1, -0.05) is 30.3 Å². The Balaban J connectivity index is 1.45. The number of hydrogen-bond acceptors (Lipinski definition) is 4. The number of rotatable bonds is 8. The van der Waals surface area contributed by atoms with Gasteiger partial charge in [0.25, 0.3) is 0 Å². The van der Waals surface area contributed by atoms with Crippen LogP contribution in [0.5, 0.6) is 5.75 Å². The van der Waals surface area contributed by atoms with Crippen molar-refractivity contribution in [2.45, 2.75) is 19.4 Å². The fourth-order valence-corrected chi connectivity index (χ4v) is 2.72. The Hall–Kier alpha value is -2.79. The van der Waals surface area contributed by atoms with E-state index in [1.54, 1.807) is 11.8 Å². The second kappa shape index (κ2) is 8.35. The van der Waals surface area contributed by atoms with Crippen molar-refractivity contribution < 1.29 is 4.74 Å². The largest absolute Gasteiger partial charge is 0.497 e. The molecular weight excluding hydrogens is 312 g/mol. The van der Waals surface area contributed by atoms with Crippen LogP contribution >= 0.6 is 0 Å². The van der Waals surface area contributed by atoms with Crippen LogP contribution in [0.15, 0.2) is 60.7 Å². The second-order valence-electron chi connectivity index (χ2n) is 5.94. The van der Waals surface area contributed by atoms with Crippen LogP contribution in [0.25, 0.3) is 5.69 Å². The lowest BCUT2D eigenvalue weighted by Crippen LogP contribution is -2.15. The Morgan fingerprint density at radius 2 is 1.84 bits per heavy atom. The number of nitrogens with one attached hydrogen (secondary N) is 1. The molecule has 3 N–H and O–H groups in total. The van der Waals surface area contributed by atoms with Crippen LogP contribution in [0, 0.1) is 0 Å². The van der Waals surface area contributed by atoms with Gasteiger partial charge in [0.05, 0.1) is 18.5 Å². The fraction of sp³-hybridized carbons (Fsp3) is 0.250. The van der Waals surface area contributed by atoms with E-state index in [2.05, 4.69) is 22.5 Å². The molecule has 0 bridgehead atoms. The molecule has 0 aliphatic rings. The van der Waals surface area contributed by atoms with Gasteiger partial charge in [-0.2, -0.15) is 5.10 Å². The molecular formula is C20H24N4O. The molecule has 1 heterocycles. The summed E-state index contributed by atoms with van der Waals surface area (Å²) >= 11 is 0. The van der Waals surface area contributed by atoms with E-state index >= 15 is 0 Å². The van der Waals surface area contributed by atoms with Gasteiger partial charge in [0.15, 0.2) is 0 Å². The number of nitrogens with two attached hydrogens (primary N) is 1. The third-order valence-corrected chi connectivity index (χ3v) is 4.06. The Morgan fingerprint density at radius 3 is 2.56 bits per heavy atom. The first kappa shape index (κ1) is 17.0. The molecule has 0 aliphatic heterocycles. The summed E-state index contributed by atoms with van der Waals surface area (Å²) in [6.07, 6.45) is 1.92. The summed E-state index contributed by atoms with van der Waals surface area (Å²) in [5, 5.41) is 8.06. The van der Waals surface area contributed by atoms with Gasteiger partial charge in [-0.15, -0.1) is 0 Å². The maximum Gasteiger partial charge on any atom is 0.127 e. The number of aryl methyl sites for hydroxylation is 1. The van der Waals surface area contributed by atoms with E-state index in [1.807, 2.05) is 48.5 Å². The summed E-state index contributed by atoms with van der Waals surface area (Å²) < 4.78 is 6.96. The van der Waals surface area contributed by atoms with E-state index in [0.29, 0.717) is 5.82 Å². The Kier molecular flexibility index (Phi) is 5.69. The van der Waals surface area contributed by atoms with Gasteiger partial charge in [-0.3, -0.25) is 0 Å². The second-order valence-corrected chi connectivity index (χ2v) is 5.94. The lowest BCUT2D eigenvalue weighted by atomic mass is 10.2. The van der Waals surface area contributed by atoms with Crippen LogP contribution in [0.4, 0.5) is 5.82 Å². The van der Waals surface area contributed by atoms with Gasteiger partial charge in [0.2, 0.25) is 0 Å². The SMILES string of the molecule is COc1ccc(CNCCCc2cc(N)n(-c3ccccc3)n2)cc1. The maximum atomic E-state index is 6.08. The van der Waals surface area contributed by atoms with E-state index in [1.165, 1.54) is 5.56 Å². The normalized spacial score (nSPS) is 10.8. The van der Waals surface area contributed by atoms with E-state index in [0.717, 1.165) is 43.1 Å². The van der Waals surface area contributed by atoms with Crippen LogP contribution in [-0.2, 0) is 13.0 Å². The van der Waals surface area contributed by atoms with Gasteiger partial charge < -0.3 is 15.8 Å². The number of aromatic nitrogens is 2. The number of methoxy groups -OCH3 is 1. The zero-order chi connectivity index (χ0) is 17.5. The first-order chi connectivity index (χ1) is 12.3. The fourth-order valence-electron chi connectivity index (χ4n) is 2.72. The Bertz CT molecular complexity index is 781. The van der Waals surface area contributed by atoms with E-state index in [9.17, 15) is 0 Å². The average Bonchev–Trinajstić information content (AvgIpc) is 3.03. The van der Waals surface area contributed by atoms with Gasteiger partial charge >= 0.3 is 0 Å². The van der Waals surface area contributed by atoms with E-state index < -0.39 is 0 Å². The third-order valence-electron chi connectivity index (χ3n) is 4.06. The van der Waals surface area contributed by atoms with Crippen molar-refractivity contribution >= 4 is 5.82 Å². The molecule has 0 saturated heterocycles. The zero-order valence-corrected chi connectivity index (χ0v) is 14.5. The Morgan fingerprint density at radius 1 is 1.08 bits per heavy atom. The van der Waals surface area contributed by atoms with Crippen molar-refractivity contribution in [1.29, 1.82) is 0 Å². The number of ether oxygens (including phenoxy) is 1. The van der Waals surface area contributed by atoms with Crippen molar-refractivity contribution in [3.8, 4) is 11.4 Å². The summed E-state index contributed by atoms with van der Waals surface area (Å²) in [6.45, 7) is 1.79. The molecule has 3 rings (SSSR count). The summed E-state index contributed by atoms with van der Waals surface area (Å²) in [5.74, 6) is 1.56. The lowest BCUT2D eigenvalue weighted by Gasteiger charge is -2.05. The number of nitrogen functional groups attached to an aromatic ring is 1. The lowest BCUT2D eigenvalue weighted by molar-refractivity contribution is 0.414. The quantitative estimate of drug-likeness (QED) is 0.620. The molecule has 0 unspecified atom stereocenters. The van der Waals surface area contributed by atoms with Crippen molar-refractivity contribution in [3.05, 3.63) is 71.9 Å². The van der Waals surface area contributed by atoms with Crippen LogP contribution in [-0.4, -0.2) is 23.4 Å².